The summed E-state index contributed by atoms with van der Waals surface area (Å²) < 4.78 is 43.0. The van der Waals surface area contributed by atoms with Crippen LogP contribution in [0.15, 0.2) is 24.3 Å². The smallest absolute Gasteiger partial charge is 0.490 e. The molecule has 1 atom stereocenters. The number of morpholine rings is 1. The number of aliphatic carboxylic acids is 1. The van der Waals surface area contributed by atoms with Gasteiger partial charge in [0.15, 0.2) is 0 Å². The molecule has 0 aliphatic carbocycles. The predicted octanol–water partition coefficient (Wildman–Crippen LogP) is 2.29. The van der Waals surface area contributed by atoms with Crippen LogP contribution < -0.4 is 15.0 Å². The number of anilines is 1. The van der Waals surface area contributed by atoms with Gasteiger partial charge in [0.05, 0.1) is 19.3 Å². The normalized spacial score (nSPS) is 23.2. The molecule has 3 rings (SSSR count). The third-order valence-electron chi connectivity index (χ3n) is 4.35. The first kappa shape index (κ1) is 20.3. The highest BCUT2D eigenvalue weighted by Gasteiger charge is 2.38. The van der Waals surface area contributed by atoms with Crippen molar-refractivity contribution < 1.29 is 32.5 Å². The fourth-order valence-corrected chi connectivity index (χ4v) is 3.08. The maximum absolute atomic E-state index is 10.6. The summed E-state index contributed by atoms with van der Waals surface area (Å²) in [4.78, 5) is 11.3. The van der Waals surface area contributed by atoms with E-state index < -0.39 is 12.1 Å². The maximum Gasteiger partial charge on any atom is 0.490 e. The van der Waals surface area contributed by atoms with Gasteiger partial charge < -0.3 is 24.8 Å². The number of nitrogens with one attached hydrogen (secondary N) is 1. The van der Waals surface area contributed by atoms with Crippen molar-refractivity contribution in [2.24, 2.45) is 0 Å². The highest BCUT2D eigenvalue weighted by molar-refractivity contribution is 5.73. The van der Waals surface area contributed by atoms with Gasteiger partial charge in [0.1, 0.15) is 5.75 Å². The van der Waals surface area contributed by atoms with Crippen molar-refractivity contribution in [3.05, 3.63) is 24.3 Å². The molecule has 2 aliphatic heterocycles. The van der Waals surface area contributed by atoms with Gasteiger partial charge in [0.2, 0.25) is 0 Å². The first-order valence-corrected chi connectivity index (χ1v) is 8.30. The van der Waals surface area contributed by atoms with Crippen LogP contribution in [-0.4, -0.2) is 62.7 Å². The molecule has 26 heavy (non-hydrogen) atoms. The number of alkyl halides is 3. The molecule has 146 valence electrons. The third kappa shape index (κ3) is 5.50. The van der Waals surface area contributed by atoms with E-state index in [9.17, 15) is 13.2 Å². The van der Waals surface area contributed by atoms with Gasteiger partial charge in [-0.15, -0.1) is 0 Å². The molecule has 2 N–H and O–H groups in total. The largest absolute Gasteiger partial charge is 0.497 e. The zero-order valence-corrected chi connectivity index (χ0v) is 14.5. The lowest BCUT2D eigenvalue weighted by Gasteiger charge is -2.45. The Morgan fingerprint density at radius 2 is 2.00 bits per heavy atom. The molecule has 2 aliphatic rings. The number of carboxylic acids is 1. The number of hydrogen-bond acceptors (Lipinski definition) is 5. The van der Waals surface area contributed by atoms with E-state index in [4.69, 9.17) is 19.4 Å². The molecular weight excluding hydrogens is 353 g/mol. The highest BCUT2D eigenvalue weighted by atomic mass is 19.4. The second kappa shape index (κ2) is 8.59. The number of nitrogens with zero attached hydrogens (tertiary/aromatic N) is 1. The summed E-state index contributed by atoms with van der Waals surface area (Å²) in [6.45, 7) is 4.87. The van der Waals surface area contributed by atoms with Crippen molar-refractivity contribution in [3.63, 3.8) is 0 Å². The fraction of sp³-hybridized carbons (Fsp3) is 0.588. The van der Waals surface area contributed by atoms with E-state index in [0.29, 0.717) is 0 Å². The summed E-state index contributed by atoms with van der Waals surface area (Å²) in [5, 5.41) is 10.6. The molecule has 1 aromatic rings. The van der Waals surface area contributed by atoms with Crippen LogP contribution in [-0.2, 0) is 9.53 Å². The first-order chi connectivity index (χ1) is 12.3. The molecule has 1 spiro atoms. The number of halogens is 3. The fourth-order valence-electron chi connectivity index (χ4n) is 3.08. The Labute approximate surface area is 149 Å². The van der Waals surface area contributed by atoms with E-state index in [1.165, 1.54) is 12.1 Å². The highest BCUT2D eigenvalue weighted by Crippen LogP contribution is 2.30. The number of rotatable bonds is 2. The number of hydrogen-bond donors (Lipinski definition) is 2. The Hall–Kier alpha value is -2.00. The van der Waals surface area contributed by atoms with Crippen LogP contribution in [0.2, 0.25) is 0 Å². The lowest BCUT2D eigenvalue weighted by molar-refractivity contribution is -0.192. The monoisotopic (exact) mass is 376 g/mol. The van der Waals surface area contributed by atoms with Crippen LogP contribution in [0.3, 0.4) is 0 Å². The van der Waals surface area contributed by atoms with Crippen LogP contribution in [0.4, 0.5) is 18.9 Å². The molecule has 2 heterocycles. The molecule has 2 fully saturated rings. The van der Waals surface area contributed by atoms with E-state index >= 15 is 0 Å². The molecule has 0 aromatic heterocycles. The maximum atomic E-state index is 10.6. The van der Waals surface area contributed by atoms with Crippen LogP contribution in [0.1, 0.15) is 12.8 Å². The van der Waals surface area contributed by atoms with Crippen LogP contribution in [0.5, 0.6) is 5.75 Å². The summed E-state index contributed by atoms with van der Waals surface area (Å²) in [6.07, 6.45) is -2.74. The predicted molar refractivity (Wildman–Crippen MR) is 89.7 cm³/mol. The SMILES string of the molecule is COc1ccc(N2CCCC3(CNCCO3)C2)cc1.O=C(O)C(F)(F)F. The van der Waals surface area contributed by atoms with Gasteiger partial charge in [0.25, 0.3) is 0 Å². The van der Waals surface area contributed by atoms with Gasteiger partial charge in [-0.1, -0.05) is 0 Å². The van der Waals surface area contributed by atoms with Gasteiger partial charge in [-0.25, -0.2) is 4.79 Å². The molecule has 0 radical (unpaired) electrons. The van der Waals surface area contributed by atoms with Crippen molar-refractivity contribution in [1.82, 2.24) is 5.32 Å². The van der Waals surface area contributed by atoms with E-state index in [1.54, 1.807) is 7.11 Å². The number of ether oxygens (including phenoxy) is 2. The summed E-state index contributed by atoms with van der Waals surface area (Å²) in [6, 6.07) is 8.31. The van der Waals surface area contributed by atoms with Crippen molar-refractivity contribution in [2.75, 3.05) is 44.8 Å². The van der Waals surface area contributed by atoms with Crippen LogP contribution in [0, 0.1) is 0 Å². The molecule has 1 aromatic carbocycles. The Morgan fingerprint density at radius 3 is 2.50 bits per heavy atom. The van der Waals surface area contributed by atoms with Gasteiger partial charge >= 0.3 is 12.1 Å². The second-order valence-electron chi connectivity index (χ2n) is 6.23. The quantitative estimate of drug-likeness (QED) is 0.825. The molecule has 2 saturated heterocycles. The topological polar surface area (TPSA) is 71.0 Å². The summed E-state index contributed by atoms with van der Waals surface area (Å²) in [5.74, 6) is -1.85. The summed E-state index contributed by atoms with van der Waals surface area (Å²) in [5.41, 5.74) is 1.27. The molecular formula is C17H23F3N2O4. The average molecular weight is 376 g/mol. The Morgan fingerprint density at radius 1 is 1.35 bits per heavy atom. The molecule has 0 amide bonds. The lowest BCUT2D eigenvalue weighted by atomic mass is 9.91. The van der Waals surface area contributed by atoms with Crippen molar-refractivity contribution in [3.8, 4) is 5.75 Å². The molecule has 0 saturated carbocycles. The van der Waals surface area contributed by atoms with E-state index in [0.717, 1.165) is 45.0 Å². The third-order valence-corrected chi connectivity index (χ3v) is 4.35. The standard InChI is InChI=1S/C15H22N2O2.C2HF3O2/c1-18-14-5-3-13(4-6-14)17-9-2-7-15(12-17)11-16-8-10-19-15;3-2(4,5)1(6)7/h3-6,16H,2,7-12H2,1H3;(H,6,7). The van der Waals surface area contributed by atoms with Crippen LogP contribution in [0.25, 0.3) is 0 Å². The van der Waals surface area contributed by atoms with Gasteiger partial charge in [-0.2, -0.15) is 13.2 Å². The number of carboxylic acid groups (broad SMARTS) is 1. The number of methoxy groups -OCH3 is 1. The lowest BCUT2D eigenvalue weighted by Crippen LogP contribution is -2.58. The van der Waals surface area contributed by atoms with Crippen molar-refractivity contribution in [1.29, 1.82) is 0 Å². The second-order valence-corrected chi connectivity index (χ2v) is 6.23. The molecule has 1 unspecified atom stereocenters. The number of piperidine rings is 1. The Balaban J connectivity index is 0.000000298. The molecule has 6 nitrogen and oxygen atoms in total. The first-order valence-electron chi connectivity index (χ1n) is 8.30. The molecule has 0 bridgehead atoms. The average Bonchev–Trinajstić information content (AvgIpc) is 2.62. The minimum Gasteiger partial charge on any atom is -0.497 e. The van der Waals surface area contributed by atoms with E-state index in [2.05, 4.69) is 22.3 Å². The Bertz CT molecular complexity index is 581. The molecule has 9 heteroatoms. The number of benzene rings is 1. The van der Waals surface area contributed by atoms with Crippen LogP contribution >= 0.6 is 0 Å². The minimum atomic E-state index is -5.08. The number of carbonyl (C=O) groups is 1. The minimum absolute atomic E-state index is 0.0103. The summed E-state index contributed by atoms with van der Waals surface area (Å²) in [7, 11) is 1.70. The van der Waals surface area contributed by atoms with Crippen molar-refractivity contribution >= 4 is 11.7 Å². The van der Waals surface area contributed by atoms with Crippen molar-refractivity contribution in [2.45, 2.75) is 24.6 Å². The van der Waals surface area contributed by atoms with E-state index in [1.807, 2.05) is 12.1 Å². The van der Waals surface area contributed by atoms with Gasteiger partial charge in [0, 0.05) is 31.9 Å². The van der Waals surface area contributed by atoms with Gasteiger partial charge in [-0.05, 0) is 37.1 Å². The zero-order valence-electron chi connectivity index (χ0n) is 14.5. The summed E-state index contributed by atoms with van der Waals surface area (Å²) >= 11 is 0. The Kier molecular flexibility index (Phi) is 6.71. The van der Waals surface area contributed by atoms with Gasteiger partial charge in [-0.3, -0.25) is 0 Å². The van der Waals surface area contributed by atoms with E-state index in [-0.39, 0.29) is 5.60 Å². The zero-order chi connectivity index (χ0) is 19.2.